The van der Waals surface area contributed by atoms with Crippen LogP contribution in [-0.2, 0) is 13.1 Å². The third-order valence-electron chi connectivity index (χ3n) is 6.05. The molecule has 1 aromatic carbocycles. The van der Waals surface area contributed by atoms with Gasteiger partial charge in [0, 0.05) is 6.04 Å². The molecule has 5 heteroatoms. The summed E-state index contributed by atoms with van der Waals surface area (Å²) in [6.45, 7) is 6.01. The monoisotopic (exact) mass is 328 g/mol. The standard InChI is InChI=1S/C19H25FN4/c1-19(2)16-8-4-7-15(16)18(19)21-10-17-22-12-24(23-17)11-13-5-3-6-14(20)9-13/h3,5-6,9,12,15-16,18,21H,4,7-8,10-11H2,1-2H3/t15-,16+,18?/m1/s1. The van der Waals surface area contributed by atoms with Gasteiger partial charge in [0.05, 0.1) is 13.1 Å². The quantitative estimate of drug-likeness (QED) is 0.915. The Labute approximate surface area is 142 Å². The molecule has 0 amide bonds. The lowest BCUT2D eigenvalue weighted by Crippen LogP contribution is -2.61. The van der Waals surface area contributed by atoms with Crippen LogP contribution in [0.4, 0.5) is 4.39 Å². The molecule has 1 N–H and O–H groups in total. The topological polar surface area (TPSA) is 42.7 Å². The van der Waals surface area contributed by atoms with E-state index in [2.05, 4.69) is 29.2 Å². The van der Waals surface area contributed by atoms with E-state index < -0.39 is 0 Å². The molecule has 24 heavy (non-hydrogen) atoms. The maximum atomic E-state index is 13.3. The summed E-state index contributed by atoms with van der Waals surface area (Å²) in [5.74, 6) is 2.30. The smallest absolute Gasteiger partial charge is 0.164 e. The Morgan fingerprint density at radius 1 is 1.33 bits per heavy atom. The van der Waals surface area contributed by atoms with E-state index in [-0.39, 0.29) is 5.82 Å². The molecule has 2 saturated carbocycles. The summed E-state index contributed by atoms with van der Waals surface area (Å²) in [6, 6.07) is 7.19. The van der Waals surface area contributed by atoms with Gasteiger partial charge in [-0.05, 0) is 47.8 Å². The Kier molecular flexibility index (Phi) is 3.91. The number of nitrogens with one attached hydrogen (secondary N) is 1. The Hall–Kier alpha value is -1.75. The second-order valence-electron chi connectivity index (χ2n) is 7.87. The zero-order valence-corrected chi connectivity index (χ0v) is 14.4. The summed E-state index contributed by atoms with van der Waals surface area (Å²) in [6.07, 6.45) is 5.84. The number of benzene rings is 1. The van der Waals surface area contributed by atoms with Gasteiger partial charge < -0.3 is 5.32 Å². The van der Waals surface area contributed by atoms with Crippen molar-refractivity contribution in [1.82, 2.24) is 20.1 Å². The van der Waals surface area contributed by atoms with Crippen LogP contribution in [0, 0.1) is 23.1 Å². The van der Waals surface area contributed by atoms with Crippen LogP contribution in [0.1, 0.15) is 44.5 Å². The third-order valence-corrected chi connectivity index (χ3v) is 6.05. The molecule has 4 rings (SSSR count). The molecule has 2 aromatic rings. The second kappa shape index (κ2) is 5.96. The highest BCUT2D eigenvalue weighted by Gasteiger charge is 2.57. The van der Waals surface area contributed by atoms with Crippen LogP contribution in [0.5, 0.6) is 0 Å². The maximum absolute atomic E-state index is 13.3. The van der Waals surface area contributed by atoms with Gasteiger partial charge in [-0.2, -0.15) is 5.10 Å². The van der Waals surface area contributed by atoms with E-state index in [1.54, 1.807) is 17.1 Å². The Bertz CT molecular complexity index is 724. The molecular formula is C19H25FN4. The highest BCUT2D eigenvalue weighted by atomic mass is 19.1. The summed E-state index contributed by atoms with van der Waals surface area (Å²) in [5.41, 5.74) is 1.28. The molecule has 1 aromatic heterocycles. The minimum absolute atomic E-state index is 0.215. The van der Waals surface area contributed by atoms with Gasteiger partial charge in [0.25, 0.3) is 0 Å². The van der Waals surface area contributed by atoms with E-state index >= 15 is 0 Å². The Balaban J connectivity index is 1.36. The molecule has 2 aliphatic carbocycles. The fourth-order valence-electron chi connectivity index (χ4n) is 4.90. The molecule has 1 unspecified atom stereocenters. The van der Waals surface area contributed by atoms with Crippen molar-refractivity contribution in [3.63, 3.8) is 0 Å². The van der Waals surface area contributed by atoms with E-state index in [1.807, 2.05) is 6.07 Å². The van der Waals surface area contributed by atoms with Gasteiger partial charge in [-0.3, -0.25) is 0 Å². The highest BCUT2D eigenvalue weighted by Crippen LogP contribution is 2.58. The van der Waals surface area contributed by atoms with E-state index in [0.717, 1.165) is 23.2 Å². The van der Waals surface area contributed by atoms with Crippen molar-refractivity contribution in [2.24, 2.45) is 17.3 Å². The molecule has 4 nitrogen and oxygen atoms in total. The van der Waals surface area contributed by atoms with Gasteiger partial charge in [-0.15, -0.1) is 0 Å². The first-order chi connectivity index (χ1) is 11.5. The number of halogens is 1. The van der Waals surface area contributed by atoms with Crippen LogP contribution in [0.3, 0.4) is 0 Å². The lowest BCUT2D eigenvalue weighted by Gasteiger charge is -2.56. The molecule has 3 atom stereocenters. The molecular weight excluding hydrogens is 303 g/mol. The molecule has 0 bridgehead atoms. The van der Waals surface area contributed by atoms with Crippen LogP contribution >= 0.6 is 0 Å². The molecule has 0 saturated heterocycles. The lowest BCUT2D eigenvalue weighted by atomic mass is 9.53. The van der Waals surface area contributed by atoms with Crippen molar-refractivity contribution in [1.29, 1.82) is 0 Å². The van der Waals surface area contributed by atoms with Gasteiger partial charge in [0.15, 0.2) is 5.82 Å². The lowest BCUT2D eigenvalue weighted by molar-refractivity contribution is -0.0418. The van der Waals surface area contributed by atoms with Crippen LogP contribution in [-0.4, -0.2) is 20.8 Å². The molecule has 0 radical (unpaired) electrons. The summed E-state index contributed by atoms with van der Waals surface area (Å²) in [7, 11) is 0. The average Bonchev–Trinajstić information content (AvgIpc) is 3.16. The number of hydrogen-bond donors (Lipinski definition) is 1. The molecule has 0 spiro atoms. The zero-order valence-electron chi connectivity index (χ0n) is 14.4. The van der Waals surface area contributed by atoms with E-state index in [9.17, 15) is 4.39 Å². The number of hydrogen-bond acceptors (Lipinski definition) is 3. The van der Waals surface area contributed by atoms with Gasteiger partial charge in [0.1, 0.15) is 12.1 Å². The summed E-state index contributed by atoms with van der Waals surface area (Å²) >= 11 is 0. The first kappa shape index (κ1) is 15.8. The predicted octanol–water partition coefficient (Wildman–Crippen LogP) is 3.38. The molecule has 128 valence electrons. The summed E-state index contributed by atoms with van der Waals surface area (Å²) in [5, 5.41) is 8.20. The van der Waals surface area contributed by atoms with Gasteiger partial charge in [-0.25, -0.2) is 14.1 Å². The number of fused-ring (bicyclic) bond motifs is 1. The number of nitrogens with zero attached hydrogens (tertiary/aromatic N) is 3. The highest BCUT2D eigenvalue weighted by molar-refractivity contribution is 5.16. The van der Waals surface area contributed by atoms with Crippen molar-refractivity contribution in [2.45, 2.75) is 52.2 Å². The van der Waals surface area contributed by atoms with Crippen LogP contribution < -0.4 is 5.32 Å². The predicted molar refractivity (Wildman–Crippen MR) is 90.8 cm³/mol. The average molecular weight is 328 g/mol. The van der Waals surface area contributed by atoms with Gasteiger partial charge in [0.2, 0.25) is 0 Å². The Morgan fingerprint density at radius 2 is 2.21 bits per heavy atom. The van der Waals surface area contributed by atoms with Gasteiger partial charge >= 0.3 is 0 Å². The van der Waals surface area contributed by atoms with E-state index in [0.29, 0.717) is 24.5 Å². The van der Waals surface area contributed by atoms with E-state index in [4.69, 9.17) is 0 Å². The van der Waals surface area contributed by atoms with Crippen molar-refractivity contribution in [3.8, 4) is 0 Å². The SMILES string of the molecule is CC1(C)C(NCc2ncn(Cc3cccc(F)c3)n2)[C@@H]2CCC[C@@H]21. The van der Waals surface area contributed by atoms with Crippen LogP contribution in [0.15, 0.2) is 30.6 Å². The van der Waals surface area contributed by atoms with Gasteiger partial charge in [-0.1, -0.05) is 32.4 Å². The first-order valence-electron chi connectivity index (χ1n) is 8.90. The largest absolute Gasteiger partial charge is 0.306 e. The van der Waals surface area contributed by atoms with Crippen molar-refractivity contribution >= 4 is 0 Å². The minimum atomic E-state index is -0.215. The molecule has 2 aliphatic rings. The van der Waals surface area contributed by atoms with Crippen LogP contribution in [0.25, 0.3) is 0 Å². The Morgan fingerprint density at radius 3 is 3.04 bits per heavy atom. The van der Waals surface area contributed by atoms with Crippen LogP contribution in [0.2, 0.25) is 0 Å². The van der Waals surface area contributed by atoms with Crippen molar-refractivity contribution < 1.29 is 4.39 Å². The number of rotatable bonds is 5. The fraction of sp³-hybridized carbons (Fsp3) is 0.579. The molecule has 0 aliphatic heterocycles. The summed E-state index contributed by atoms with van der Waals surface area (Å²) in [4.78, 5) is 4.39. The van der Waals surface area contributed by atoms with Crippen molar-refractivity contribution in [3.05, 3.63) is 47.8 Å². The second-order valence-corrected chi connectivity index (χ2v) is 7.87. The third kappa shape index (κ3) is 2.75. The minimum Gasteiger partial charge on any atom is -0.306 e. The maximum Gasteiger partial charge on any atom is 0.164 e. The zero-order chi connectivity index (χ0) is 16.7. The fourth-order valence-corrected chi connectivity index (χ4v) is 4.90. The van der Waals surface area contributed by atoms with E-state index in [1.165, 1.54) is 31.4 Å². The number of aromatic nitrogens is 3. The summed E-state index contributed by atoms with van der Waals surface area (Å²) < 4.78 is 15.0. The molecule has 1 heterocycles. The first-order valence-corrected chi connectivity index (χ1v) is 8.90. The van der Waals surface area contributed by atoms with Crippen molar-refractivity contribution in [2.75, 3.05) is 0 Å². The molecule has 2 fully saturated rings. The normalized spacial score (nSPS) is 27.7.